The Morgan fingerprint density at radius 3 is 2.75 bits per heavy atom. The highest BCUT2D eigenvalue weighted by Crippen LogP contribution is 2.29. The first-order valence-electron chi connectivity index (χ1n) is 5.61. The fourth-order valence-electron chi connectivity index (χ4n) is 1.87. The number of aromatic nitrogens is 4. The topological polar surface area (TPSA) is 57.7 Å². The molecule has 0 aliphatic carbocycles. The maximum atomic E-state index is 13.4. The van der Waals surface area contributed by atoms with Crippen LogP contribution in [0.15, 0.2) is 24.4 Å². The molecule has 2 heterocycles. The highest BCUT2D eigenvalue weighted by molar-refractivity contribution is 6.28. The van der Waals surface area contributed by atoms with E-state index in [0.717, 1.165) is 12.1 Å². The second kappa shape index (κ2) is 4.68. The average Bonchev–Trinajstić information content (AvgIpc) is 2.81. The van der Waals surface area contributed by atoms with Crippen molar-refractivity contribution in [3.63, 3.8) is 0 Å². The van der Waals surface area contributed by atoms with Gasteiger partial charge in [0, 0.05) is 24.7 Å². The summed E-state index contributed by atoms with van der Waals surface area (Å²) in [5.41, 5.74) is 0.394. The number of aromatic amines is 1. The lowest BCUT2D eigenvalue weighted by Gasteiger charge is -2.15. The quantitative estimate of drug-likeness (QED) is 0.738. The Balaban J connectivity index is 2.12. The predicted octanol–water partition coefficient (Wildman–Crippen LogP) is 3.05. The van der Waals surface area contributed by atoms with E-state index in [1.54, 1.807) is 18.0 Å². The van der Waals surface area contributed by atoms with Gasteiger partial charge in [0.05, 0.1) is 5.52 Å². The van der Waals surface area contributed by atoms with Crippen molar-refractivity contribution in [2.24, 2.45) is 0 Å². The second-order valence-corrected chi connectivity index (χ2v) is 4.44. The third kappa shape index (κ3) is 2.05. The summed E-state index contributed by atoms with van der Waals surface area (Å²) in [6.45, 7) is 0. The maximum Gasteiger partial charge on any atom is 0.224 e. The molecule has 1 N–H and O–H groups in total. The van der Waals surface area contributed by atoms with Gasteiger partial charge in [0.15, 0.2) is 17.5 Å². The van der Waals surface area contributed by atoms with Gasteiger partial charge < -0.3 is 4.90 Å². The van der Waals surface area contributed by atoms with Crippen LogP contribution in [0, 0.1) is 11.6 Å². The first kappa shape index (κ1) is 12.7. The number of benzene rings is 1. The van der Waals surface area contributed by atoms with Gasteiger partial charge in [-0.25, -0.2) is 18.7 Å². The molecule has 3 rings (SSSR count). The molecular weight excluding hydrogens is 288 g/mol. The minimum absolute atomic E-state index is 0.0893. The molecule has 0 aliphatic rings. The molecule has 3 aromatic rings. The van der Waals surface area contributed by atoms with Crippen LogP contribution in [0.4, 0.5) is 20.4 Å². The van der Waals surface area contributed by atoms with Gasteiger partial charge in [-0.3, -0.25) is 5.10 Å². The molecule has 5 nitrogen and oxygen atoms in total. The summed E-state index contributed by atoms with van der Waals surface area (Å²) in [4.78, 5) is 9.42. The zero-order valence-corrected chi connectivity index (χ0v) is 11.0. The van der Waals surface area contributed by atoms with Crippen molar-refractivity contribution in [3.8, 4) is 0 Å². The third-order valence-electron chi connectivity index (χ3n) is 2.86. The lowest BCUT2D eigenvalue weighted by atomic mass is 10.2. The van der Waals surface area contributed by atoms with Crippen molar-refractivity contribution >= 4 is 34.1 Å². The minimum Gasteiger partial charge on any atom is -0.312 e. The maximum absolute atomic E-state index is 13.4. The Hall–Kier alpha value is -2.28. The number of halogens is 3. The molecule has 102 valence electrons. The summed E-state index contributed by atoms with van der Waals surface area (Å²) in [5, 5.41) is 7.23. The highest BCUT2D eigenvalue weighted by Gasteiger charge is 2.16. The molecular formula is C12H8ClF2N5. The fourth-order valence-corrected chi connectivity index (χ4v) is 2.02. The molecule has 0 radical (unpaired) electrons. The summed E-state index contributed by atoms with van der Waals surface area (Å²) >= 11 is 5.73. The molecule has 0 saturated carbocycles. The Labute approximate surface area is 117 Å². The Morgan fingerprint density at radius 2 is 2.00 bits per heavy atom. The SMILES string of the molecule is CN(c1ccnc(Cl)n1)c1n[nH]c2cc(F)c(F)cc12. The molecule has 0 saturated heterocycles. The Kier molecular flexibility index (Phi) is 2.98. The zero-order valence-electron chi connectivity index (χ0n) is 10.2. The van der Waals surface area contributed by atoms with Crippen molar-refractivity contribution in [2.75, 3.05) is 11.9 Å². The van der Waals surface area contributed by atoms with Gasteiger partial charge in [-0.15, -0.1) is 0 Å². The number of rotatable bonds is 2. The predicted molar refractivity (Wildman–Crippen MR) is 71.1 cm³/mol. The van der Waals surface area contributed by atoms with Gasteiger partial charge >= 0.3 is 0 Å². The van der Waals surface area contributed by atoms with Crippen LogP contribution in [0.3, 0.4) is 0 Å². The summed E-state index contributed by atoms with van der Waals surface area (Å²) in [7, 11) is 1.69. The minimum atomic E-state index is -0.936. The van der Waals surface area contributed by atoms with Crippen molar-refractivity contribution in [3.05, 3.63) is 41.3 Å². The van der Waals surface area contributed by atoms with Crippen molar-refractivity contribution < 1.29 is 8.78 Å². The van der Waals surface area contributed by atoms with Gasteiger partial charge in [0.2, 0.25) is 5.28 Å². The van der Waals surface area contributed by atoms with Gasteiger partial charge in [0.25, 0.3) is 0 Å². The molecule has 0 atom stereocenters. The summed E-state index contributed by atoms with van der Waals surface area (Å²) < 4.78 is 26.5. The number of hydrogen-bond acceptors (Lipinski definition) is 4. The lowest BCUT2D eigenvalue weighted by molar-refractivity contribution is 0.511. The molecule has 20 heavy (non-hydrogen) atoms. The fraction of sp³-hybridized carbons (Fsp3) is 0.0833. The van der Waals surface area contributed by atoms with Crippen LogP contribution in [0.2, 0.25) is 5.28 Å². The van der Waals surface area contributed by atoms with Crippen LogP contribution in [0.5, 0.6) is 0 Å². The smallest absolute Gasteiger partial charge is 0.224 e. The number of nitrogens with one attached hydrogen (secondary N) is 1. The van der Waals surface area contributed by atoms with Crippen molar-refractivity contribution in [1.29, 1.82) is 0 Å². The molecule has 2 aromatic heterocycles. The summed E-state index contributed by atoms with van der Waals surface area (Å²) in [6.07, 6.45) is 1.50. The van der Waals surface area contributed by atoms with E-state index in [1.807, 2.05) is 0 Å². The van der Waals surface area contributed by atoms with E-state index >= 15 is 0 Å². The monoisotopic (exact) mass is 295 g/mol. The van der Waals surface area contributed by atoms with Crippen LogP contribution in [0.1, 0.15) is 0 Å². The van der Waals surface area contributed by atoms with E-state index in [1.165, 1.54) is 6.20 Å². The van der Waals surface area contributed by atoms with Gasteiger partial charge in [-0.2, -0.15) is 5.10 Å². The number of fused-ring (bicyclic) bond motifs is 1. The normalized spacial score (nSPS) is 11.0. The standard InChI is InChI=1S/C12H8ClF2N5/c1-20(10-2-3-16-12(13)17-10)11-6-4-7(14)8(15)5-9(6)18-19-11/h2-5H,1H3,(H,18,19). The highest BCUT2D eigenvalue weighted by atomic mass is 35.5. The molecule has 0 amide bonds. The van der Waals surface area contributed by atoms with Crippen LogP contribution in [-0.4, -0.2) is 27.2 Å². The molecule has 0 fully saturated rings. The first-order chi connectivity index (χ1) is 9.56. The van der Waals surface area contributed by atoms with E-state index in [-0.39, 0.29) is 5.28 Å². The first-order valence-corrected chi connectivity index (χ1v) is 5.99. The number of nitrogens with zero attached hydrogens (tertiary/aromatic N) is 4. The molecule has 8 heteroatoms. The molecule has 1 aromatic carbocycles. The van der Waals surface area contributed by atoms with E-state index in [4.69, 9.17) is 11.6 Å². The van der Waals surface area contributed by atoms with Crippen LogP contribution >= 0.6 is 11.6 Å². The van der Waals surface area contributed by atoms with Crippen molar-refractivity contribution in [1.82, 2.24) is 20.2 Å². The van der Waals surface area contributed by atoms with Gasteiger partial charge in [0.1, 0.15) is 5.82 Å². The Morgan fingerprint density at radius 1 is 1.25 bits per heavy atom. The lowest BCUT2D eigenvalue weighted by Crippen LogP contribution is -2.12. The number of anilines is 2. The molecule has 0 bridgehead atoms. The van der Waals surface area contributed by atoms with Gasteiger partial charge in [-0.1, -0.05) is 0 Å². The molecule has 0 spiro atoms. The third-order valence-corrected chi connectivity index (χ3v) is 3.04. The number of H-pyrrole nitrogens is 1. The van der Waals surface area contributed by atoms with Gasteiger partial charge in [-0.05, 0) is 23.7 Å². The van der Waals surface area contributed by atoms with Crippen LogP contribution in [0.25, 0.3) is 10.9 Å². The summed E-state index contributed by atoms with van der Waals surface area (Å²) in [5.74, 6) is -0.966. The molecule has 0 aliphatic heterocycles. The second-order valence-electron chi connectivity index (χ2n) is 4.10. The summed E-state index contributed by atoms with van der Waals surface area (Å²) in [6, 6.07) is 3.77. The van der Waals surface area contributed by atoms with E-state index in [2.05, 4.69) is 20.2 Å². The van der Waals surface area contributed by atoms with E-state index in [9.17, 15) is 8.78 Å². The zero-order chi connectivity index (χ0) is 14.3. The van der Waals surface area contributed by atoms with E-state index in [0.29, 0.717) is 22.5 Å². The van der Waals surface area contributed by atoms with Crippen LogP contribution < -0.4 is 4.90 Å². The largest absolute Gasteiger partial charge is 0.312 e. The average molecular weight is 296 g/mol. The Bertz CT molecular complexity index is 789. The van der Waals surface area contributed by atoms with Crippen LogP contribution in [-0.2, 0) is 0 Å². The molecule has 0 unspecified atom stereocenters. The number of hydrogen-bond donors (Lipinski definition) is 1. The van der Waals surface area contributed by atoms with E-state index < -0.39 is 11.6 Å². The van der Waals surface area contributed by atoms with Crippen molar-refractivity contribution in [2.45, 2.75) is 0 Å².